The van der Waals surface area contributed by atoms with Crippen LogP contribution in [-0.2, 0) is 6.54 Å². The summed E-state index contributed by atoms with van der Waals surface area (Å²) >= 11 is 0. The highest BCUT2D eigenvalue weighted by Gasteiger charge is 2.08. The summed E-state index contributed by atoms with van der Waals surface area (Å²) in [7, 11) is 0. The van der Waals surface area contributed by atoms with Crippen LogP contribution in [0.15, 0.2) is 30.6 Å². The van der Waals surface area contributed by atoms with Gasteiger partial charge in [0.2, 0.25) is 0 Å². The molecule has 0 fully saturated rings. The molecule has 0 aliphatic heterocycles. The molecule has 0 aliphatic rings. The molecule has 2 aromatic heterocycles. The smallest absolute Gasteiger partial charge is 0.307 e. The number of hydrogen-bond donors (Lipinski definition) is 1. The lowest BCUT2D eigenvalue weighted by molar-refractivity contribution is -0.385. The molecule has 7 heteroatoms. The zero-order valence-electron chi connectivity index (χ0n) is 8.28. The van der Waals surface area contributed by atoms with E-state index in [2.05, 4.69) is 10.1 Å². The van der Waals surface area contributed by atoms with Gasteiger partial charge in [0.05, 0.1) is 17.2 Å². The first-order valence-electron chi connectivity index (χ1n) is 4.53. The van der Waals surface area contributed by atoms with Gasteiger partial charge >= 0.3 is 5.69 Å². The molecule has 0 spiro atoms. The van der Waals surface area contributed by atoms with Crippen LogP contribution in [0.1, 0.15) is 5.69 Å². The molecule has 0 atom stereocenters. The molecule has 0 saturated heterocycles. The van der Waals surface area contributed by atoms with Crippen LogP contribution < -0.4 is 5.73 Å². The van der Waals surface area contributed by atoms with Crippen molar-refractivity contribution in [1.29, 1.82) is 0 Å². The van der Waals surface area contributed by atoms with Crippen LogP contribution in [0.25, 0.3) is 0 Å². The van der Waals surface area contributed by atoms with Gasteiger partial charge in [-0.2, -0.15) is 5.10 Å². The largest absolute Gasteiger partial charge is 0.384 e. The molecule has 2 heterocycles. The monoisotopic (exact) mass is 219 g/mol. The van der Waals surface area contributed by atoms with Gasteiger partial charge in [-0.1, -0.05) is 6.07 Å². The maximum absolute atomic E-state index is 10.4. The lowest BCUT2D eigenvalue weighted by atomic mass is 10.3. The summed E-state index contributed by atoms with van der Waals surface area (Å²) in [6, 6.07) is 5.23. The van der Waals surface area contributed by atoms with Crippen molar-refractivity contribution in [2.75, 3.05) is 5.73 Å². The number of anilines is 1. The summed E-state index contributed by atoms with van der Waals surface area (Å²) in [5.41, 5.74) is 6.19. The fraction of sp³-hybridized carbons (Fsp3) is 0.111. The van der Waals surface area contributed by atoms with Gasteiger partial charge in [0.1, 0.15) is 18.2 Å². The fourth-order valence-electron chi connectivity index (χ4n) is 1.29. The van der Waals surface area contributed by atoms with E-state index in [0.717, 1.165) is 0 Å². The number of nitrogens with two attached hydrogens (primary N) is 1. The Bertz CT molecular complexity index is 522. The van der Waals surface area contributed by atoms with Gasteiger partial charge in [-0.25, -0.2) is 4.98 Å². The fourth-order valence-corrected chi connectivity index (χ4v) is 1.29. The lowest BCUT2D eigenvalue weighted by Crippen LogP contribution is -2.03. The first-order chi connectivity index (χ1) is 7.65. The zero-order chi connectivity index (χ0) is 11.5. The number of nitrogens with zero attached hydrogens (tertiary/aromatic N) is 4. The van der Waals surface area contributed by atoms with E-state index in [1.54, 1.807) is 18.2 Å². The van der Waals surface area contributed by atoms with E-state index in [4.69, 9.17) is 5.73 Å². The van der Waals surface area contributed by atoms with E-state index in [1.165, 1.54) is 17.1 Å². The average Bonchev–Trinajstić information content (AvgIpc) is 2.66. The Balaban J connectivity index is 2.17. The van der Waals surface area contributed by atoms with Crippen LogP contribution in [-0.4, -0.2) is 19.7 Å². The number of aromatic nitrogens is 3. The second-order valence-corrected chi connectivity index (χ2v) is 3.21. The van der Waals surface area contributed by atoms with E-state index in [1.807, 2.05) is 0 Å². The normalized spacial score (nSPS) is 10.2. The van der Waals surface area contributed by atoms with E-state index >= 15 is 0 Å². The minimum Gasteiger partial charge on any atom is -0.384 e. The van der Waals surface area contributed by atoms with Crippen molar-refractivity contribution in [3.63, 3.8) is 0 Å². The summed E-state index contributed by atoms with van der Waals surface area (Å²) in [6.45, 7) is 0.360. The standard InChI is InChI=1S/C9H9N5O2/c10-9-3-1-2-7(12-9)5-13-6-8(4-11-13)14(15)16/h1-4,6H,5H2,(H2,10,12). The van der Waals surface area contributed by atoms with E-state index in [0.29, 0.717) is 18.1 Å². The molecule has 0 radical (unpaired) electrons. The van der Waals surface area contributed by atoms with Crippen LogP contribution in [0, 0.1) is 10.1 Å². The topological polar surface area (TPSA) is 99.9 Å². The number of nitrogen functional groups attached to an aromatic ring is 1. The summed E-state index contributed by atoms with van der Waals surface area (Å²) in [4.78, 5) is 14.0. The Labute approximate surface area is 90.7 Å². The molecule has 16 heavy (non-hydrogen) atoms. The molecular weight excluding hydrogens is 210 g/mol. The Morgan fingerprint density at radius 3 is 2.94 bits per heavy atom. The highest BCUT2D eigenvalue weighted by Crippen LogP contribution is 2.09. The minimum atomic E-state index is -0.490. The number of pyridine rings is 1. The number of nitro groups is 1. The van der Waals surface area contributed by atoms with Crippen LogP contribution in [0.5, 0.6) is 0 Å². The van der Waals surface area contributed by atoms with Crippen LogP contribution >= 0.6 is 0 Å². The highest BCUT2D eigenvalue weighted by atomic mass is 16.6. The third-order valence-corrected chi connectivity index (χ3v) is 1.98. The average molecular weight is 219 g/mol. The van der Waals surface area contributed by atoms with Crippen LogP contribution in [0.4, 0.5) is 11.5 Å². The summed E-state index contributed by atoms with van der Waals surface area (Å²) in [5, 5.41) is 14.3. The summed E-state index contributed by atoms with van der Waals surface area (Å²) in [5.74, 6) is 0.416. The molecular formula is C9H9N5O2. The SMILES string of the molecule is Nc1cccc(Cn2cc([N+](=O)[O-])cn2)n1. The number of hydrogen-bond acceptors (Lipinski definition) is 5. The van der Waals surface area contributed by atoms with E-state index in [9.17, 15) is 10.1 Å². The third kappa shape index (κ3) is 2.14. The predicted octanol–water partition coefficient (Wildman–Crippen LogP) is 0.817. The molecule has 0 amide bonds. The van der Waals surface area contributed by atoms with Gasteiger partial charge in [-0.3, -0.25) is 14.8 Å². The molecule has 0 unspecified atom stereocenters. The minimum absolute atomic E-state index is 0.0381. The van der Waals surface area contributed by atoms with Gasteiger partial charge in [0, 0.05) is 0 Å². The molecule has 2 N–H and O–H groups in total. The first kappa shape index (κ1) is 10.1. The summed E-state index contributed by atoms with van der Waals surface area (Å²) in [6.07, 6.45) is 2.55. The molecule has 7 nitrogen and oxygen atoms in total. The quantitative estimate of drug-likeness (QED) is 0.608. The Morgan fingerprint density at radius 1 is 1.50 bits per heavy atom. The molecule has 0 aliphatic carbocycles. The van der Waals surface area contributed by atoms with Gasteiger partial charge in [-0.15, -0.1) is 0 Å². The van der Waals surface area contributed by atoms with Crippen molar-refractivity contribution in [3.05, 3.63) is 46.4 Å². The molecule has 82 valence electrons. The highest BCUT2D eigenvalue weighted by molar-refractivity contribution is 5.29. The van der Waals surface area contributed by atoms with Crippen LogP contribution in [0.3, 0.4) is 0 Å². The zero-order valence-corrected chi connectivity index (χ0v) is 8.28. The van der Waals surface area contributed by atoms with Gasteiger partial charge in [-0.05, 0) is 12.1 Å². The molecule has 2 rings (SSSR count). The maximum Gasteiger partial charge on any atom is 0.307 e. The van der Waals surface area contributed by atoms with Crippen molar-refractivity contribution in [2.45, 2.75) is 6.54 Å². The van der Waals surface area contributed by atoms with Crippen LogP contribution in [0.2, 0.25) is 0 Å². The Hall–Kier alpha value is -2.44. The Morgan fingerprint density at radius 2 is 2.31 bits per heavy atom. The second kappa shape index (κ2) is 3.97. The van der Waals surface area contributed by atoms with Crippen molar-refractivity contribution in [2.24, 2.45) is 0 Å². The molecule has 0 bridgehead atoms. The first-order valence-corrected chi connectivity index (χ1v) is 4.53. The lowest BCUT2D eigenvalue weighted by Gasteiger charge is -2.00. The van der Waals surface area contributed by atoms with Gasteiger partial charge in [0.25, 0.3) is 0 Å². The predicted molar refractivity (Wildman–Crippen MR) is 56.6 cm³/mol. The van der Waals surface area contributed by atoms with Gasteiger partial charge < -0.3 is 5.73 Å². The van der Waals surface area contributed by atoms with Gasteiger partial charge in [0.15, 0.2) is 0 Å². The van der Waals surface area contributed by atoms with Crippen molar-refractivity contribution < 1.29 is 4.92 Å². The molecule has 0 aromatic carbocycles. The molecule has 0 saturated carbocycles. The third-order valence-electron chi connectivity index (χ3n) is 1.98. The van der Waals surface area contributed by atoms with Crippen molar-refractivity contribution in [3.8, 4) is 0 Å². The second-order valence-electron chi connectivity index (χ2n) is 3.21. The van der Waals surface area contributed by atoms with E-state index < -0.39 is 4.92 Å². The summed E-state index contributed by atoms with van der Waals surface area (Å²) < 4.78 is 1.44. The molecule has 2 aromatic rings. The van der Waals surface area contributed by atoms with Crippen molar-refractivity contribution >= 4 is 11.5 Å². The number of rotatable bonds is 3. The maximum atomic E-state index is 10.4. The Kier molecular flexibility index (Phi) is 2.50. The van der Waals surface area contributed by atoms with E-state index in [-0.39, 0.29) is 5.69 Å². The van der Waals surface area contributed by atoms with Crippen molar-refractivity contribution in [1.82, 2.24) is 14.8 Å².